The van der Waals surface area contributed by atoms with E-state index in [0.717, 1.165) is 17.2 Å². The Kier molecular flexibility index (Phi) is 3.47. The van der Waals surface area contributed by atoms with Gasteiger partial charge in [0.2, 0.25) is 0 Å². The van der Waals surface area contributed by atoms with Crippen molar-refractivity contribution in [1.29, 1.82) is 0 Å². The Morgan fingerprint density at radius 3 is 2.69 bits per heavy atom. The first-order chi connectivity index (χ1) is 7.63. The van der Waals surface area contributed by atoms with Gasteiger partial charge in [0.15, 0.2) is 0 Å². The third kappa shape index (κ3) is 2.97. The molecule has 1 N–H and O–H groups in total. The number of anilines is 1. The van der Waals surface area contributed by atoms with Gasteiger partial charge in [0.25, 0.3) is 0 Å². The van der Waals surface area contributed by atoms with Crippen LogP contribution < -0.4 is 5.32 Å². The fourth-order valence-corrected chi connectivity index (χ4v) is 2.39. The molecule has 1 aromatic rings. The van der Waals surface area contributed by atoms with Crippen molar-refractivity contribution < 1.29 is 4.39 Å². The fourth-order valence-electron chi connectivity index (χ4n) is 2.39. The number of hydrogen-bond acceptors (Lipinski definition) is 1. The van der Waals surface area contributed by atoms with Gasteiger partial charge in [-0.05, 0) is 49.9 Å². The van der Waals surface area contributed by atoms with Gasteiger partial charge < -0.3 is 5.32 Å². The average Bonchev–Trinajstić information content (AvgIpc) is 2.09. The van der Waals surface area contributed by atoms with Crippen LogP contribution in [-0.2, 0) is 0 Å². The van der Waals surface area contributed by atoms with Gasteiger partial charge in [0.1, 0.15) is 5.82 Å². The van der Waals surface area contributed by atoms with E-state index < -0.39 is 0 Å². The Hall–Kier alpha value is -1.05. The number of rotatable bonds is 4. The molecule has 0 amide bonds. The first-order valence-corrected chi connectivity index (χ1v) is 6.17. The van der Waals surface area contributed by atoms with Gasteiger partial charge in [-0.3, -0.25) is 0 Å². The van der Waals surface area contributed by atoms with E-state index in [0.29, 0.717) is 6.04 Å². The summed E-state index contributed by atoms with van der Waals surface area (Å²) in [4.78, 5) is 0. The summed E-state index contributed by atoms with van der Waals surface area (Å²) in [5, 5.41) is 3.38. The topological polar surface area (TPSA) is 12.0 Å². The van der Waals surface area contributed by atoms with Gasteiger partial charge in [0.05, 0.1) is 0 Å². The average molecular weight is 221 g/mol. The van der Waals surface area contributed by atoms with E-state index in [9.17, 15) is 4.39 Å². The van der Waals surface area contributed by atoms with Crippen molar-refractivity contribution in [1.82, 2.24) is 0 Å². The molecule has 0 bridgehead atoms. The lowest BCUT2D eigenvalue weighted by Gasteiger charge is -2.29. The zero-order valence-corrected chi connectivity index (χ0v) is 10.1. The third-order valence-electron chi connectivity index (χ3n) is 3.37. The van der Waals surface area contributed by atoms with Crippen molar-refractivity contribution >= 4 is 5.69 Å². The second-order valence-electron chi connectivity index (χ2n) is 5.10. The van der Waals surface area contributed by atoms with Crippen molar-refractivity contribution in [3.05, 3.63) is 29.6 Å². The van der Waals surface area contributed by atoms with E-state index in [1.54, 1.807) is 12.1 Å². The molecule has 16 heavy (non-hydrogen) atoms. The van der Waals surface area contributed by atoms with Crippen LogP contribution in [0.15, 0.2) is 18.2 Å². The van der Waals surface area contributed by atoms with Gasteiger partial charge in [-0.15, -0.1) is 0 Å². The molecule has 2 heteroatoms. The van der Waals surface area contributed by atoms with Crippen LogP contribution in [0.5, 0.6) is 0 Å². The first-order valence-electron chi connectivity index (χ1n) is 6.17. The molecule has 1 unspecified atom stereocenters. The van der Waals surface area contributed by atoms with Gasteiger partial charge in [-0.2, -0.15) is 0 Å². The molecule has 0 saturated heterocycles. The van der Waals surface area contributed by atoms with Crippen molar-refractivity contribution in [2.75, 3.05) is 5.32 Å². The Morgan fingerprint density at radius 1 is 1.38 bits per heavy atom. The Labute approximate surface area is 97.1 Å². The molecule has 1 aliphatic carbocycles. The summed E-state index contributed by atoms with van der Waals surface area (Å²) in [7, 11) is 0. The highest BCUT2D eigenvalue weighted by atomic mass is 19.1. The maximum atomic E-state index is 13.2. The van der Waals surface area contributed by atoms with E-state index >= 15 is 0 Å². The molecule has 0 radical (unpaired) electrons. The summed E-state index contributed by atoms with van der Waals surface area (Å²) in [6, 6.07) is 5.57. The summed E-state index contributed by atoms with van der Waals surface area (Å²) in [6.45, 7) is 4.10. The zero-order valence-electron chi connectivity index (χ0n) is 10.1. The molecule has 1 fully saturated rings. The second kappa shape index (κ2) is 4.86. The zero-order chi connectivity index (χ0) is 11.5. The summed E-state index contributed by atoms with van der Waals surface area (Å²) in [5.74, 6) is 0.732. The predicted octanol–water partition coefficient (Wildman–Crippen LogP) is 4.12. The molecule has 88 valence electrons. The smallest absolute Gasteiger partial charge is 0.125 e. The third-order valence-corrected chi connectivity index (χ3v) is 3.37. The molecule has 1 nitrogen and oxygen atoms in total. The van der Waals surface area contributed by atoms with Crippen LogP contribution >= 0.6 is 0 Å². The lowest BCUT2D eigenvalue weighted by molar-refractivity contribution is 0.286. The van der Waals surface area contributed by atoms with Crippen LogP contribution in [0.25, 0.3) is 0 Å². The van der Waals surface area contributed by atoms with Crippen LogP contribution in [0.3, 0.4) is 0 Å². The molecule has 1 atom stereocenters. The van der Waals surface area contributed by atoms with E-state index in [4.69, 9.17) is 0 Å². The standard InChI is InChI=1S/C14H20FN/c1-10-6-13(15)9-14(7-10)16-11(2)8-12-4-3-5-12/h6-7,9,11-12,16H,3-5,8H2,1-2H3. The monoisotopic (exact) mass is 221 g/mol. The highest BCUT2D eigenvalue weighted by molar-refractivity contribution is 5.46. The van der Waals surface area contributed by atoms with E-state index in [1.165, 1.54) is 25.7 Å². The molecular weight excluding hydrogens is 201 g/mol. The molecular formula is C14H20FN. The quantitative estimate of drug-likeness (QED) is 0.806. The maximum Gasteiger partial charge on any atom is 0.125 e. The normalized spacial score (nSPS) is 17.9. The molecule has 0 spiro atoms. The first kappa shape index (κ1) is 11.4. The summed E-state index contributed by atoms with van der Waals surface area (Å²) >= 11 is 0. The van der Waals surface area contributed by atoms with Crippen molar-refractivity contribution in [2.24, 2.45) is 5.92 Å². The van der Waals surface area contributed by atoms with E-state index in [2.05, 4.69) is 12.2 Å². The van der Waals surface area contributed by atoms with Crippen LogP contribution in [0.1, 0.15) is 38.2 Å². The van der Waals surface area contributed by atoms with Crippen LogP contribution in [0, 0.1) is 18.7 Å². The Morgan fingerprint density at radius 2 is 2.12 bits per heavy atom. The summed E-state index contributed by atoms with van der Waals surface area (Å²) < 4.78 is 13.2. The van der Waals surface area contributed by atoms with Crippen molar-refractivity contribution in [3.63, 3.8) is 0 Å². The van der Waals surface area contributed by atoms with Gasteiger partial charge >= 0.3 is 0 Å². The molecule has 0 aliphatic heterocycles. The lowest BCUT2D eigenvalue weighted by atomic mass is 9.81. The number of hydrogen-bond donors (Lipinski definition) is 1. The highest BCUT2D eigenvalue weighted by Gasteiger charge is 2.19. The maximum absolute atomic E-state index is 13.2. The molecule has 2 rings (SSSR count). The van der Waals surface area contributed by atoms with Crippen LogP contribution in [0.4, 0.5) is 10.1 Å². The summed E-state index contributed by atoms with van der Waals surface area (Å²) in [5.41, 5.74) is 1.88. The summed E-state index contributed by atoms with van der Waals surface area (Å²) in [6.07, 6.45) is 5.33. The van der Waals surface area contributed by atoms with Gasteiger partial charge in [-0.1, -0.05) is 19.3 Å². The van der Waals surface area contributed by atoms with Gasteiger partial charge in [-0.25, -0.2) is 4.39 Å². The Balaban J connectivity index is 1.91. The number of nitrogens with one attached hydrogen (secondary N) is 1. The van der Waals surface area contributed by atoms with Gasteiger partial charge in [0, 0.05) is 11.7 Å². The molecule has 1 aliphatic rings. The minimum atomic E-state index is -0.154. The number of halogens is 1. The SMILES string of the molecule is Cc1cc(F)cc(NC(C)CC2CCC2)c1. The molecule has 1 saturated carbocycles. The van der Waals surface area contributed by atoms with Crippen molar-refractivity contribution in [3.8, 4) is 0 Å². The molecule has 0 aromatic heterocycles. The van der Waals surface area contributed by atoms with Crippen molar-refractivity contribution in [2.45, 2.75) is 45.6 Å². The highest BCUT2D eigenvalue weighted by Crippen LogP contribution is 2.31. The minimum absolute atomic E-state index is 0.154. The minimum Gasteiger partial charge on any atom is -0.382 e. The molecule has 0 heterocycles. The predicted molar refractivity (Wildman–Crippen MR) is 66.2 cm³/mol. The fraction of sp³-hybridized carbons (Fsp3) is 0.571. The molecule has 1 aromatic carbocycles. The Bertz CT molecular complexity index is 338. The second-order valence-corrected chi connectivity index (χ2v) is 5.10. The van der Waals surface area contributed by atoms with E-state index in [1.807, 2.05) is 13.0 Å². The van der Waals surface area contributed by atoms with E-state index in [-0.39, 0.29) is 5.82 Å². The number of aryl methyl sites for hydroxylation is 1. The lowest BCUT2D eigenvalue weighted by Crippen LogP contribution is -2.23. The number of benzene rings is 1. The van der Waals surface area contributed by atoms with Crippen LogP contribution in [-0.4, -0.2) is 6.04 Å². The van der Waals surface area contributed by atoms with Crippen LogP contribution in [0.2, 0.25) is 0 Å². The largest absolute Gasteiger partial charge is 0.382 e.